The van der Waals surface area contributed by atoms with Crippen molar-refractivity contribution in [3.63, 3.8) is 0 Å². The zero-order valence-corrected chi connectivity index (χ0v) is 10.4. The Labute approximate surface area is 96.5 Å². The van der Waals surface area contributed by atoms with E-state index in [1.54, 1.807) is 0 Å². The van der Waals surface area contributed by atoms with Crippen LogP contribution in [-0.4, -0.2) is 46.1 Å². The molecule has 0 spiro atoms. The van der Waals surface area contributed by atoms with Gasteiger partial charge < -0.3 is 20.6 Å². The summed E-state index contributed by atoms with van der Waals surface area (Å²) in [6.45, 7) is 7.47. The summed E-state index contributed by atoms with van der Waals surface area (Å²) in [5, 5.41) is 30.4. The lowest BCUT2D eigenvalue weighted by Crippen LogP contribution is -2.46. The van der Waals surface area contributed by atoms with E-state index in [2.05, 4.69) is 5.32 Å². The van der Waals surface area contributed by atoms with Crippen LogP contribution in [0, 0.1) is 5.41 Å². The first-order valence-corrected chi connectivity index (χ1v) is 5.39. The Hall–Kier alpha value is -0.650. The number of carbonyl (C=O) groups is 1. The van der Waals surface area contributed by atoms with Gasteiger partial charge >= 0.3 is 5.97 Å². The number of carboxylic acids is 1. The Balaban J connectivity index is 3.87. The average Bonchev–Trinajstić information content (AvgIpc) is 1.99. The normalized spacial score (nSPS) is 17.9. The van der Waals surface area contributed by atoms with E-state index in [0.717, 1.165) is 0 Å². The van der Waals surface area contributed by atoms with Gasteiger partial charge in [-0.2, -0.15) is 0 Å². The van der Waals surface area contributed by atoms with E-state index in [4.69, 9.17) is 5.11 Å². The van der Waals surface area contributed by atoms with Gasteiger partial charge in [0, 0.05) is 13.1 Å². The summed E-state index contributed by atoms with van der Waals surface area (Å²) in [6.07, 6.45) is 0.0828. The van der Waals surface area contributed by atoms with Gasteiger partial charge in [-0.1, -0.05) is 20.8 Å². The molecule has 0 saturated heterocycles. The lowest BCUT2D eigenvalue weighted by molar-refractivity contribution is -0.156. The number of nitrogens with one attached hydrogen (secondary N) is 1. The Morgan fingerprint density at radius 3 is 2.19 bits per heavy atom. The summed E-state index contributed by atoms with van der Waals surface area (Å²) >= 11 is 0. The molecule has 0 aromatic rings. The fourth-order valence-electron chi connectivity index (χ4n) is 1.34. The van der Waals surface area contributed by atoms with Crippen molar-refractivity contribution in [1.29, 1.82) is 0 Å². The molecular weight excluding hydrogens is 210 g/mol. The van der Waals surface area contributed by atoms with Crippen LogP contribution in [0.1, 0.15) is 34.1 Å². The standard InChI is InChI=1S/C11H23NO4/c1-10(2,3)5-8(13)6-12-7-11(4,16)9(14)15/h8,12-13,16H,5-7H2,1-4H3,(H,14,15). The van der Waals surface area contributed by atoms with E-state index in [1.807, 2.05) is 20.8 Å². The highest BCUT2D eigenvalue weighted by Gasteiger charge is 2.29. The number of carboxylic acid groups (broad SMARTS) is 1. The van der Waals surface area contributed by atoms with Crippen molar-refractivity contribution < 1.29 is 20.1 Å². The number of hydrogen-bond acceptors (Lipinski definition) is 4. The Bertz CT molecular complexity index is 233. The predicted molar refractivity (Wildman–Crippen MR) is 61.2 cm³/mol. The van der Waals surface area contributed by atoms with Crippen molar-refractivity contribution in [2.75, 3.05) is 13.1 Å². The predicted octanol–water partition coefficient (Wildman–Crippen LogP) is 0.209. The molecule has 5 heteroatoms. The molecule has 16 heavy (non-hydrogen) atoms. The second-order valence-corrected chi connectivity index (χ2v) is 5.63. The maximum Gasteiger partial charge on any atom is 0.336 e. The SMILES string of the molecule is CC(C)(C)CC(O)CNCC(C)(O)C(=O)O. The van der Waals surface area contributed by atoms with Crippen LogP contribution >= 0.6 is 0 Å². The number of aliphatic hydroxyl groups excluding tert-OH is 1. The third-order valence-electron chi connectivity index (χ3n) is 2.16. The van der Waals surface area contributed by atoms with Crippen LogP contribution in [0.15, 0.2) is 0 Å². The van der Waals surface area contributed by atoms with E-state index in [-0.39, 0.29) is 18.5 Å². The molecule has 96 valence electrons. The molecule has 0 aromatic carbocycles. The van der Waals surface area contributed by atoms with Gasteiger partial charge in [0.15, 0.2) is 5.60 Å². The van der Waals surface area contributed by atoms with Crippen LogP contribution < -0.4 is 5.32 Å². The lowest BCUT2D eigenvalue weighted by atomic mass is 9.89. The summed E-state index contributed by atoms with van der Waals surface area (Å²) in [4.78, 5) is 10.6. The Morgan fingerprint density at radius 2 is 1.81 bits per heavy atom. The number of aliphatic hydroxyl groups is 2. The van der Waals surface area contributed by atoms with Gasteiger partial charge in [0.1, 0.15) is 0 Å². The van der Waals surface area contributed by atoms with Crippen LogP contribution in [0.4, 0.5) is 0 Å². The van der Waals surface area contributed by atoms with Crippen LogP contribution in [0.25, 0.3) is 0 Å². The number of aliphatic carboxylic acids is 1. The third-order valence-corrected chi connectivity index (χ3v) is 2.16. The Morgan fingerprint density at radius 1 is 1.31 bits per heavy atom. The minimum Gasteiger partial charge on any atom is -0.479 e. The smallest absolute Gasteiger partial charge is 0.336 e. The van der Waals surface area contributed by atoms with Crippen molar-refractivity contribution in [3.05, 3.63) is 0 Å². The van der Waals surface area contributed by atoms with E-state index < -0.39 is 17.7 Å². The molecule has 0 aliphatic rings. The van der Waals surface area contributed by atoms with Crippen LogP contribution in [0.2, 0.25) is 0 Å². The first-order chi connectivity index (χ1) is 7.04. The van der Waals surface area contributed by atoms with Crippen LogP contribution in [0.5, 0.6) is 0 Å². The Kier molecular flexibility index (Phi) is 5.38. The molecular formula is C11H23NO4. The molecule has 0 saturated carbocycles. The first kappa shape index (κ1) is 15.3. The van der Waals surface area contributed by atoms with Gasteiger partial charge in [-0.15, -0.1) is 0 Å². The van der Waals surface area contributed by atoms with Crippen LogP contribution in [-0.2, 0) is 4.79 Å². The van der Waals surface area contributed by atoms with Crippen molar-refractivity contribution in [3.8, 4) is 0 Å². The highest BCUT2D eigenvalue weighted by Crippen LogP contribution is 2.20. The molecule has 0 aliphatic heterocycles. The maximum atomic E-state index is 10.6. The fraction of sp³-hybridized carbons (Fsp3) is 0.909. The highest BCUT2D eigenvalue weighted by atomic mass is 16.4. The van der Waals surface area contributed by atoms with E-state index in [1.165, 1.54) is 6.92 Å². The van der Waals surface area contributed by atoms with Crippen LogP contribution in [0.3, 0.4) is 0 Å². The zero-order chi connectivity index (χ0) is 13.0. The quantitative estimate of drug-likeness (QED) is 0.526. The fourth-order valence-corrected chi connectivity index (χ4v) is 1.34. The van der Waals surface area contributed by atoms with Gasteiger partial charge in [0.2, 0.25) is 0 Å². The first-order valence-electron chi connectivity index (χ1n) is 5.39. The molecule has 5 nitrogen and oxygen atoms in total. The summed E-state index contributed by atoms with van der Waals surface area (Å²) in [6, 6.07) is 0. The van der Waals surface area contributed by atoms with Gasteiger partial charge in [-0.3, -0.25) is 0 Å². The minimum atomic E-state index is -1.79. The second-order valence-electron chi connectivity index (χ2n) is 5.63. The van der Waals surface area contributed by atoms with Gasteiger partial charge in [-0.25, -0.2) is 4.79 Å². The molecule has 0 heterocycles. The van der Waals surface area contributed by atoms with Crippen molar-refractivity contribution in [2.24, 2.45) is 5.41 Å². The highest BCUT2D eigenvalue weighted by molar-refractivity contribution is 5.76. The zero-order valence-electron chi connectivity index (χ0n) is 10.4. The van der Waals surface area contributed by atoms with Crippen molar-refractivity contribution in [1.82, 2.24) is 5.32 Å². The minimum absolute atomic E-state index is 0.0242. The largest absolute Gasteiger partial charge is 0.479 e. The molecule has 0 bridgehead atoms. The summed E-state index contributed by atoms with van der Waals surface area (Å²) in [7, 11) is 0. The summed E-state index contributed by atoms with van der Waals surface area (Å²) in [5.41, 5.74) is -1.77. The van der Waals surface area contributed by atoms with E-state index >= 15 is 0 Å². The molecule has 0 fully saturated rings. The molecule has 0 aromatic heterocycles. The molecule has 0 amide bonds. The van der Waals surface area contributed by atoms with E-state index in [0.29, 0.717) is 6.42 Å². The third kappa shape index (κ3) is 6.76. The molecule has 0 rings (SSSR count). The topological polar surface area (TPSA) is 89.8 Å². The average molecular weight is 233 g/mol. The van der Waals surface area contributed by atoms with Crippen molar-refractivity contribution in [2.45, 2.75) is 45.8 Å². The van der Waals surface area contributed by atoms with Gasteiger partial charge in [0.25, 0.3) is 0 Å². The molecule has 0 radical (unpaired) electrons. The summed E-state index contributed by atoms with van der Waals surface area (Å²) in [5.74, 6) is -1.27. The monoisotopic (exact) mass is 233 g/mol. The molecule has 2 unspecified atom stereocenters. The molecule has 4 N–H and O–H groups in total. The summed E-state index contributed by atoms with van der Waals surface area (Å²) < 4.78 is 0. The van der Waals surface area contributed by atoms with Gasteiger partial charge in [0.05, 0.1) is 6.10 Å². The van der Waals surface area contributed by atoms with E-state index in [9.17, 15) is 15.0 Å². The number of rotatable bonds is 6. The van der Waals surface area contributed by atoms with Gasteiger partial charge in [-0.05, 0) is 18.8 Å². The lowest BCUT2D eigenvalue weighted by Gasteiger charge is -2.24. The molecule has 0 aliphatic carbocycles. The van der Waals surface area contributed by atoms with Crippen molar-refractivity contribution >= 4 is 5.97 Å². The second kappa shape index (κ2) is 5.61. The maximum absolute atomic E-state index is 10.6. The molecule has 2 atom stereocenters. The number of hydrogen-bond donors (Lipinski definition) is 4.